The molecule has 0 radical (unpaired) electrons. The summed E-state index contributed by atoms with van der Waals surface area (Å²) in [7, 11) is 0. The van der Waals surface area contributed by atoms with Gasteiger partial charge in [0.15, 0.2) is 5.79 Å². The smallest absolute Gasteiger partial charge is 0.163 e. The van der Waals surface area contributed by atoms with E-state index in [2.05, 4.69) is 26.8 Å². The van der Waals surface area contributed by atoms with Crippen LogP contribution >= 0.6 is 0 Å². The fraction of sp³-hybridized carbons (Fsp3) is 0.857. The van der Waals surface area contributed by atoms with Crippen LogP contribution in [0.15, 0.2) is 11.6 Å². The topological polar surface area (TPSA) is 18.5 Å². The average Bonchev–Trinajstić information content (AvgIpc) is 2.17. The van der Waals surface area contributed by atoms with E-state index in [0.29, 0.717) is 12.0 Å². The Morgan fingerprint density at radius 3 is 2.69 bits per heavy atom. The van der Waals surface area contributed by atoms with Crippen molar-refractivity contribution in [2.24, 2.45) is 5.92 Å². The van der Waals surface area contributed by atoms with Gasteiger partial charge in [-0.3, -0.25) is 0 Å². The van der Waals surface area contributed by atoms with E-state index in [9.17, 15) is 0 Å². The molecule has 0 bridgehead atoms. The van der Waals surface area contributed by atoms with Crippen molar-refractivity contribution >= 4 is 0 Å². The molecule has 2 nitrogen and oxygen atoms in total. The van der Waals surface area contributed by atoms with Gasteiger partial charge >= 0.3 is 0 Å². The van der Waals surface area contributed by atoms with E-state index < -0.39 is 5.79 Å². The highest BCUT2D eigenvalue weighted by atomic mass is 16.7. The Morgan fingerprint density at radius 1 is 1.50 bits per heavy atom. The number of hydrogen-bond donors (Lipinski definition) is 0. The maximum absolute atomic E-state index is 5.93. The van der Waals surface area contributed by atoms with Crippen LogP contribution in [-0.4, -0.2) is 18.5 Å². The number of hydrogen-bond acceptors (Lipinski definition) is 2. The van der Waals surface area contributed by atoms with Gasteiger partial charge in [0, 0.05) is 0 Å². The predicted octanol–water partition coefficient (Wildman–Crippen LogP) is 3.91. The molecule has 2 atom stereocenters. The summed E-state index contributed by atoms with van der Waals surface area (Å²) in [6.07, 6.45) is 5.87. The molecule has 0 aliphatic carbocycles. The lowest BCUT2D eigenvalue weighted by Gasteiger charge is -2.37. The molecule has 2 heteroatoms. The van der Waals surface area contributed by atoms with E-state index in [1.807, 2.05) is 13.8 Å². The molecule has 1 heterocycles. The van der Waals surface area contributed by atoms with Gasteiger partial charge in [0.2, 0.25) is 0 Å². The molecule has 1 aliphatic rings. The molecule has 1 unspecified atom stereocenters. The second-order valence-corrected chi connectivity index (χ2v) is 5.13. The van der Waals surface area contributed by atoms with Crippen molar-refractivity contribution in [2.45, 2.75) is 65.8 Å². The summed E-state index contributed by atoms with van der Waals surface area (Å²) in [6.45, 7) is 11.5. The zero-order valence-corrected chi connectivity index (χ0v) is 11.4. The Morgan fingerprint density at radius 2 is 2.19 bits per heavy atom. The molecule has 1 rings (SSSR count). The summed E-state index contributed by atoms with van der Waals surface area (Å²) in [5.74, 6) is 0.221. The van der Waals surface area contributed by atoms with Gasteiger partial charge in [-0.2, -0.15) is 0 Å². The van der Waals surface area contributed by atoms with Crippen molar-refractivity contribution in [3.8, 4) is 0 Å². The van der Waals surface area contributed by atoms with Crippen LogP contribution in [0.2, 0.25) is 0 Å². The van der Waals surface area contributed by atoms with Gasteiger partial charge in [-0.15, -0.1) is 0 Å². The van der Waals surface area contributed by atoms with Crippen molar-refractivity contribution in [3.05, 3.63) is 11.6 Å². The fourth-order valence-corrected chi connectivity index (χ4v) is 2.48. The summed E-state index contributed by atoms with van der Waals surface area (Å²) in [6, 6.07) is 0. The summed E-state index contributed by atoms with van der Waals surface area (Å²) < 4.78 is 11.5. The quantitative estimate of drug-likeness (QED) is 0.677. The molecule has 0 aromatic carbocycles. The highest BCUT2D eigenvalue weighted by Crippen LogP contribution is 2.28. The summed E-state index contributed by atoms with van der Waals surface area (Å²) >= 11 is 0. The lowest BCUT2D eigenvalue weighted by atomic mass is 9.91. The van der Waals surface area contributed by atoms with Crippen LogP contribution in [0, 0.1) is 5.92 Å². The van der Waals surface area contributed by atoms with Gasteiger partial charge in [-0.05, 0) is 46.0 Å². The van der Waals surface area contributed by atoms with Crippen molar-refractivity contribution in [2.75, 3.05) is 6.61 Å². The van der Waals surface area contributed by atoms with Gasteiger partial charge < -0.3 is 9.47 Å². The van der Waals surface area contributed by atoms with Crippen LogP contribution in [-0.2, 0) is 9.47 Å². The van der Waals surface area contributed by atoms with Crippen LogP contribution in [0.4, 0.5) is 0 Å². The Labute approximate surface area is 100 Å². The predicted molar refractivity (Wildman–Crippen MR) is 67.4 cm³/mol. The zero-order chi connectivity index (χ0) is 12.2. The van der Waals surface area contributed by atoms with Crippen LogP contribution in [0.3, 0.4) is 0 Å². The molecule has 0 saturated carbocycles. The molecule has 1 aliphatic heterocycles. The molecular weight excluding hydrogens is 200 g/mol. The highest BCUT2D eigenvalue weighted by Gasteiger charge is 2.30. The van der Waals surface area contributed by atoms with Crippen LogP contribution in [0.1, 0.15) is 53.9 Å². The summed E-state index contributed by atoms with van der Waals surface area (Å²) in [5, 5.41) is 0. The van der Waals surface area contributed by atoms with E-state index in [0.717, 1.165) is 25.9 Å². The molecule has 0 amide bonds. The highest BCUT2D eigenvalue weighted by molar-refractivity contribution is 5.04. The van der Waals surface area contributed by atoms with Gasteiger partial charge in [0.25, 0.3) is 0 Å². The summed E-state index contributed by atoms with van der Waals surface area (Å²) in [4.78, 5) is 0. The lowest BCUT2D eigenvalue weighted by molar-refractivity contribution is -0.275. The van der Waals surface area contributed by atoms with E-state index in [1.165, 1.54) is 5.57 Å². The van der Waals surface area contributed by atoms with Crippen LogP contribution < -0.4 is 0 Å². The van der Waals surface area contributed by atoms with Crippen molar-refractivity contribution in [1.82, 2.24) is 0 Å². The largest absolute Gasteiger partial charge is 0.350 e. The van der Waals surface area contributed by atoms with Gasteiger partial charge in [-0.1, -0.05) is 25.5 Å². The Balaban J connectivity index is 2.48. The van der Waals surface area contributed by atoms with Crippen LogP contribution in [0.25, 0.3) is 0 Å². The van der Waals surface area contributed by atoms with Crippen molar-refractivity contribution in [3.63, 3.8) is 0 Å². The molecule has 1 fully saturated rings. The molecule has 0 aromatic rings. The third-order valence-electron chi connectivity index (χ3n) is 3.37. The molecule has 0 aromatic heterocycles. The van der Waals surface area contributed by atoms with Gasteiger partial charge in [-0.25, -0.2) is 0 Å². The van der Waals surface area contributed by atoms with E-state index in [4.69, 9.17) is 9.47 Å². The van der Waals surface area contributed by atoms with Crippen LogP contribution in [0.5, 0.6) is 0 Å². The maximum atomic E-state index is 5.93. The normalized spacial score (nSPS) is 27.8. The Hall–Kier alpha value is -0.340. The average molecular weight is 226 g/mol. The van der Waals surface area contributed by atoms with E-state index in [-0.39, 0.29) is 0 Å². The standard InChI is InChI=1S/C14H26O2/c1-6-12(7-2)11(3)10-13-8-9-15-14(4,5)16-13/h6,11,13H,7-10H2,1-5H3/b12-6+/t11?,13-/m1/s1. The number of ether oxygens (including phenoxy) is 2. The molecule has 0 spiro atoms. The minimum atomic E-state index is -0.398. The first-order chi connectivity index (χ1) is 7.48. The second kappa shape index (κ2) is 5.83. The van der Waals surface area contributed by atoms with Gasteiger partial charge in [0.05, 0.1) is 12.7 Å². The molecular formula is C14H26O2. The third kappa shape index (κ3) is 3.91. The first kappa shape index (κ1) is 13.7. The molecule has 1 saturated heterocycles. The fourth-order valence-electron chi connectivity index (χ4n) is 2.48. The first-order valence-electron chi connectivity index (χ1n) is 6.45. The second-order valence-electron chi connectivity index (χ2n) is 5.13. The zero-order valence-electron chi connectivity index (χ0n) is 11.4. The first-order valence-corrected chi connectivity index (χ1v) is 6.45. The minimum absolute atomic E-state index is 0.347. The van der Waals surface area contributed by atoms with E-state index in [1.54, 1.807) is 0 Å². The minimum Gasteiger partial charge on any atom is -0.350 e. The van der Waals surface area contributed by atoms with Crippen molar-refractivity contribution < 1.29 is 9.47 Å². The Bertz CT molecular complexity index is 243. The molecule has 94 valence electrons. The molecule has 16 heavy (non-hydrogen) atoms. The SMILES string of the molecule is C/C=C(\CC)C(C)C[C@H]1CCOC(C)(C)O1. The number of rotatable bonds is 4. The number of allylic oxidation sites excluding steroid dienone is 2. The lowest BCUT2D eigenvalue weighted by Crippen LogP contribution is -2.40. The summed E-state index contributed by atoms with van der Waals surface area (Å²) in [5.41, 5.74) is 1.54. The van der Waals surface area contributed by atoms with Gasteiger partial charge in [0.1, 0.15) is 0 Å². The Kier molecular flexibility index (Phi) is 5.00. The monoisotopic (exact) mass is 226 g/mol. The maximum Gasteiger partial charge on any atom is 0.163 e. The third-order valence-corrected chi connectivity index (χ3v) is 3.37. The van der Waals surface area contributed by atoms with Crippen molar-refractivity contribution in [1.29, 1.82) is 0 Å². The molecule has 0 N–H and O–H groups in total. The van der Waals surface area contributed by atoms with E-state index >= 15 is 0 Å².